The molecule has 156 valence electrons. The van der Waals surface area contributed by atoms with Gasteiger partial charge in [-0.15, -0.1) is 0 Å². The molecule has 8 nitrogen and oxygen atoms in total. The number of halogens is 1. The van der Waals surface area contributed by atoms with Crippen LogP contribution in [0.1, 0.15) is 31.7 Å². The standard InChI is InChI=1S/C20H26FN5O3/c1-6-11(2)10-26-15(23-16-18(22)24-20(21)25-19(16)26)9-12-7-13(27-3)17(29-5)14(8-12)28-4/h7-8,11H,6,9-10H2,1-5H3,(H2,22,24,25)/t11-/m0/s1. The minimum atomic E-state index is -0.861. The van der Waals surface area contributed by atoms with E-state index in [0.717, 1.165) is 12.0 Å². The van der Waals surface area contributed by atoms with E-state index in [2.05, 4.69) is 28.8 Å². The Labute approximate surface area is 168 Å². The van der Waals surface area contributed by atoms with Gasteiger partial charge >= 0.3 is 6.08 Å². The van der Waals surface area contributed by atoms with Crippen molar-refractivity contribution in [2.75, 3.05) is 27.1 Å². The largest absolute Gasteiger partial charge is 0.493 e. The summed E-state index contributed by atoms with van der Waals surface area (Å²) in [6, 6.07) is 3.73. The molecule has 0 bridgehead atoms. The molecule has 0 spiro atoms. The molecule has 0 unspecified atom stereocenters. The van der Waals surface area contributed by atoms with Gasteiger partial charge in [-0.2, -0.15) is 14.4 Å². The predicted molar refractivity (Wildman–Crippen MR) is 108 cm³/mol. The minimum Gasteiger partial charge on any atom is -0.493 e. The molecule has 0 saturated heterocycles. The molecule has 0 saturated carbocycles. The average molecular weight is 403 g/mol. The van der Waals surface area contributed by atoms with Crippen LogP contribution in [0.15, 0.2) is 12.1 Å². The van der Waals surface area contributed by atoms with Gasteiger partial charge in [0.25, 0.3) is 0 Å². The van der Waals surface area contributed by atoms with Gasteiger partial charge in [0.2, 0.25) is 5.75 Å². The first-order valence-electron chi connectivity index (χ1n) is 9.38. The van der Waals surface area contributed by atoms with Gasteiger partial charge in [0, 0.05) is 13.0 Å². The summed E-state index contributed by atoms with van der Waals surface area (Å²) in [6.45, 7) is 4.87. The molecule has 1 atom stereocenters. The molecule has 3 rings (SSSR count). The number of benzene rings is 1. The molecular weight excluding hydrogens is 377 g/mol. The molecule has 3 aromatic rings. The maximum Gasteiger partial charge on any atom is 0.312 e. The Morgan fingerprint density at radius 3 is 2.28 bits per heavy atom. The second-order valence-electron chi connectivity index (χ2n) is 6.91. The maximum atomic E-state index is 13.8. The number of fused-ring (bicyclic) bond motifs is 1. The molecule has 0 aliphatic heterocycles. The number of nitrogens with zero attached hydrogens (tertiary/aromatic N) is 4. The summed E-state index contributed by atoms with van der Waals surface area (Å²) in [5.74, 6) is 2.71. The van der Waals surface area contributed by atoms with E-state index in [0.29, 0.717) is 53.1 Å². The number of anilines is 1. The molecule has 9 heteroatoms. The Morgan fingerprint density at radius 2 is 1.72 bits per heavy atom. The Balaban J connectivity index is 2.12. The zero-order valence-electron chi connectivity index (χ0n) is 17.3. The van der Waals surface area contributed by atoms with Crippen molar-refractivity contribution in [3.63, 3.8) is 0 Å². The van der Waals surface area contributed by atoms with Crippen LogP contribution >= 0.6 is 0 Å². The van der Waals surface area contributed by atoms with Gasteiger partial charge < -0.3 is 24.5 Å². The highest BCUT2D eigenvalue weighted by atomic mass is 19.1. The van der Waals surface area contributed by atoms with E-state index in [1.165, 1.54) is 0 Å². The van der Waals surface area contributed by atoms with Crippen molar-refractivity contribution >= 4 is 17.0 Å². The molecule has 2 N–H and O–H groups in total. The molecule has 2 heterocycles. The SMILES string of the molecule is CC[C@H](C)Cn1c(Cc2cc(OC)c(OC)c(OC)c2)nc2c(N)nc(F)nc21. The van der Waals surface area contributed by atoms with Crippen LogP contribution in [-0.4, -0.2) is 40.8 Å². The first kappa shape index (κ1) is 20.6. The summed E-state index contributed by atoms with van der Waals surface area (Å²) in [7, 11) is 4.69. The van der Waals surface area contributed by atoms with E-state index in [9.17, 15) is 4.39 Å². The lowest BCUT2D eigenvalue weighted by molar-refractivity contribution is 0.324. The van der Waals surface area contributed by atoms with Crippen molar-refractivity contribution in [1.82, 2.24) is 19.5 Å². The van der Waals surface area contributed by atoms with E-state index >= 15 is 0 Å². The average Bonchev–Trinajstić information content (AvgIpc) is 3.04. The third kappa shape index (κ3) is 4.03. The summed E-state index contributed by atoms with van der Waals surface area (Å²) in [6.07, 6.45) is 0.552. The second-order valence-corrected chi connectivity index (χ2v) is 6.91. The summed E-state index contributed by atoms with van der Waals surface area (Å²) in [4.78, 5) is 12.2. The Morgan fingerprint density at radius 1 is 1.07 bits per heavy atom. The van der Waals surface area contributed by atoms with Crippen molar-refractivity contribution in [2.45, 2.75) is 33.2 Å². The number of nitrogen functional groups attached to an aromatic ring is 1. The second kappa shape index (κ2) is 8.50. The summed E-state index contributed by atoms with van der Waals surface area (Å²) < 4.78 is 32.0. The fraction of sp³-hybridized carbons (Fsp3) is 0.450. The van der Waals surface area contributed by atoms with Crippen LogP contribution < -0.4 is 19.9 Å². The number of imidazole rings is 1. The number of hydrogen-bond acceptors (Lipinski definition) is 7. The van der Waals surface area contributed by atoms with Gasteiger partial charge in [0.15, 0.2) is 28.5 Å². The van der Waals surface area contributed by atoms with Crippen molar-refractivity contribution < 1.29 is 18.6 Å². The van der Waals surface area contributed by atoms with Crippen LogP contribution in [0.4, 0.5) is 10.2 Å². The molecule has 0 fully saturated rings. The summed E-state index contributed by atoms with van der Waals surface area (Å²) in [5.41, 5.74) is 7.60. The van der Waals surface area contributed by atoms with E-state index in [1.54, 1.807) is 21.3 Å². The van der Waals surface area contributed by atoms with Gasteiger partial charge in [-0.1, -0.05) is 20.3 Å². The molecule has 0 amide bonds. The Hall–Kier alpha value is -3.10. The van der Waals surface area contributed by atoms with Crippen molar-refractivity contribution in [2.24, 2.45) is 5.92 Å². The van der Waals surface area contributed by atoms with Crippen molar-refractivity contribution in [1.29, 1.82) is 0 Å². The maximum absolute atomic E-state index is 13.8. The van der Waals surface area contributed by atoms with Gasteiger partial charge in [-0.05, 0) is 23.6 Å². The lowest BCUT2D eigenvalue weighted by atomic mass is 10.1. The van der Waals surface area contributed by atoms with Gasteiger partial charge in [-0.3, -0.25) is 0 Å². The lowest BCUT2D eigenvalue weighted by Crippen LogP contribution is -2.12. The number of hydrogen-bond donors (Lipinski definition) is 1. The number of aromatic nitrogens is 4. The van der Waals surface area contributed by atoms with Crippen LogP contribution in [0.5, 0.6) is 17.2 Å². The zero-order chi connectivity index (χ0) is 21.1. The predicted octanol–water partition coefficient (Wildman–Crippen LogP) is 3.21. The van der Waals surface area contributed by atoms with Crippen LogP contribution in [-0.2, 0) is 13.0 Å². The normalized spacial score (nSPS) is 12.2. The molecule has 0 aliphatic carbocycles. The molecule has 0 radical (unpaired) electrons. The molecule has 2 aromatic heterocycles. The lowest BCUT2D eigenvalue weighted by Gasteiger charge is -2.16. The van der Waals surface area contributed by atoms with Crippen molar-refractivity contribution in [3.05, 3.63) is 29.6 Å². The van der Waals surface area contributed by atoms with Gasteiger partial charge in [-0.25, -0.2) is 4.98 Å². The molecule has 1 aromatic carbocycles. The number of rotatable bonds is 8. The van der Waals surface area contributed by atoms with E-state index in [4.69, 9.17) is 19.9 Å². The first-order chi connectivity index (χ1) is 13.9. The molecular formula is C20H26FN5O3. The van der Waals surface area contributed by atoms with Crippen molar-refractivity contribution in [3.8, 4) is 17.2 Å². The van der Waals surface area contributed by atoms with Crippen LogP contribution in [0.25, 0.3) is 11.2 Å². The monoisotopic (exact) mass is 403 g/mol. The first-order valence-corrected chi connectivity index (χ1v) is 9.38. The number of ether oxygens (including phenoxy) is 3. The quantitative estimate of drug-likeness (QED) is 0.577. The third-order valence-corrected chi connectivity index (χ3v) is 4.95. The molecule has 29 heavy (non-hydrogen) atoms. The summed E-state index contributed by atoms with van der Waals surface area (Å²) in [5, 5.41) is 0. The van der Waals surface area contributed by atoms with Crippen LogP contribution in [0.3, 0.4) is 0 Å². The number of nitrogens with two attached hydrogens (primary N) is 1. The van der Waals surface area contributed by atoms with E-state index in [1.807, 2.05) is 16.7 Å². The zero-order valence-corrected chi connectivity index (χ0v) is 17.3. The minimum absolute atomic E-state index is 0.0292. The molecule has 0 aliphatic rings. The van der Waals surface area contributed by atoms with Gasteiger partial charge in [0.05, 0.1) is 21.3 Å². The third-order valence-electron chi connectivity index (χ3n) is 4.95. The van der Waals surface area contributed by atoms with Crippen LogP contribution in [0.2, 0.25) is 0 Å². The highest BCUT2D eigenvalue weighted by molar-refractivity contribution is 5.82. The fourth-order valence-electron chi connectivity index (χ4n) is 3.23. The Bertz CT molecular complexity index is 996. The highest BCUT2D eigenvalue weighted by Gasteiger charge is 2.20. The van der Waals surface area contributed by atoms with Gasteiger partial charge in [0.1, 0.15) is 5.82 Å². The van der Waals surface area contributed by atoms with Crippen LogP contribution in [0, 0.1) is 12.0 Å². The van der Waals surface area contributed by atoms with E-state index < -0.39 is 6.08 Å². The summed E-state index contributed by atoms with van der Waals surface area (Å²) >= 11 is 0. The fourth-order valence-corrected chi connectivity index (χ4v) is 3.23. The topological polar surface area (TPSA) is 97.3 Å². The van der Waals surface area contributed by atoms with E-state index in [-0.39, 0.29) is 5.82 Å². The smallest absolute Gasteiger partial charge is 0.312 e. The number of methoxy groups -OCH3 is 3. The highest BCUT2D eigenvalue weighted by Crippen LogP contribution is 2.38. The Kier molecular flexibility index (Phi) is 6.05.